The highest BCUT2D eigenvalue weighted by Gasteiger charge is 2.14. The number of carbonyl (C=O) groups is 1. The van der Waals surface area contributed by atoms with Crippen LogP contribution in [-0.4, -0.2) is 54.2 Å². The summed E-state index contributed by atoms with van der Waals surface area (Å²) in [6, 6.07) is 7.80. The van der Waals surface area contributed by atoms with Crippen LogP contribution in [0, 0.1) is 0 Å². The molecular formula is C15H23N3O2. The van der Waals surface area contributed by atoms with Crippen LogP contribution in [0.1, 0.15) is 24.0 Å². The van der Waals surface area contributed by atoms with Crippen LogP contribution in [0.3, 0.4) is 0 Å². The Labute approximate surface area is 120 Å². The third kappa shape index (κ3) is 4.03. The van der Waals surface area contributed by atoms with E-state index in [-0.39, 0.29) is 0 Å². The second-order valence-corrected chi connectivity index (χ2v) is 5.43. The number of piperazine rings is 1. The van der Waals surface area contributed by atoms with Crippen molar-refractivity contribution >= 4 is 5.97 Å². The largest absolute Gasteiger partial charge is 0.481 e. The Morgan fingerprint density at radius 2 is 1.85 bits per heavy atom. The molecule has 0 bridgehead atoms. The lowest BCUT2D eigenvalue weighted by Crippen LogP contribution is -2.50. The highest BCUT2D eigenvalue weighted by atomic mass is 16.4. The zero-order valence-electron chi connectivity index (χ0n) is 12.2. The Morgan fingerprint density at radius 3 is 2.40 bits per heavy atom. The number of carboxylic acids is 1. The second-order valence-electron chi connectivity index (χ2n) is 5.43. The quantitative estimate of drug-likeness (QED) is 0.845. The van der Waals surface area contributed by atoms with Gasteiger partial charge in [0.1, 0.15) is 0 Å². The van der Waals surface area contributed by atoms with Crippen molar-refractivity contribution in [3.63, 3.8) is 0 Å². The van der Waals surface area contributed by atoms with Crippen molar-refractivity contribution in [2.75, 3.05) is 33.2 Å². The molecule has 0 spiro atoms. The maximum absolute atomic E-state index is 10.9. The van der Waals surface area contributed by atoms with Crippen LogP contribution in [-0.2, 0) is 11.3 Å². The number of likely N-dealkylation sites (N-methyl/N-ethyl adjacent to an activating group) is 1. The summed E-state index contributed by atoms with van der Waals surface area (Å²) in [6.45, 7) is 6.73. The highest BCUT2D eigenvalue weighted by Crippen LogP contribution is 2.16. The Balaban J connectivity index is 1.83. The first-order valence-electron chi connectivity index (χ1n) is 7.05. The van der Waals surface area contributed by atoms with Gasteiger partial charge in [0.25, 0.3) is 0 Å². The van der Waals surface area contributed by atoms with Gasteiger partial charge in [-0.2, -0.15) is 0 Å². The van der Waals surface area contributed by atoms with Gasteiger partial charge in [0.2, 0.25) is 0 Å². The zero-order valence-corrected chi connectivity index (χ0v) is 12.2. The minimum Gasteiger partial charge on any atom is -0.481 e. The molecule has 1 unspecified atom stereocenters. The van der Waals surface area contributed by atoms with E-state index in [4.69, 9.17) is 5.11 Å². The standard InChI is InChI=1S/C15H23N3O2/c1-12(15(19)20)14-5-3-13(4-6-14)11-16-18-9-7-17(2)8-10-18/h3-6,12,16H,7-11H2,1-2H3,(H,19,20). The molecule has 1 atom stereocenters. The molecule has 20 heavy (non-hydrogen) atoms. The van der Waals surface area contributed by atoms with E-state index in [0.717, 1.165) is 38.3 Å². The van der Waals surface area contributed by atoms with Crippen molar-refractivity contribution in [2.24, 2.45) is 0 Å². The van der Waals surface area contributed by atoms with E-state index in [0.29, 0.717) is 0 Å². The molecular weight excluding hydrogens is 254 g/mol. The van der Waals surface area contributed by atoms with Crippen LogP contribution in [0.4, 0.5) is 0 Å². The molecule has 1 aliphatic rings. The monoisotopic (exact) mass is 277 g/mol. The maximum atomic E-state index is 10.9. The van der Waals surface area contributed by atoms with E-state index < -0.39 is 11.9 Å². The summed E-state index contributed by atoms with van der Waals surface area (Å²) in [4.78, 5) is 13.2. The lowest BCUT2D eigenvalue weighted by molar-refractivity contribution is -0.138. The number of hydrazine groups is 1. The predicted octanol–water partition coefficient (Wildman–Crippen LogP) is 1.13. The van der Waals surface area contributed by atoms with Crippen LogP contribution in [0.5, 0.6) is 0 Å². The van der Waals surface area contributed by atoms with Crippen LogP contribution in [0.25, 0.3) is 0 Å². The molecule has 1 aliphatic heterocycles. The smallest absolute Gasteiger partial charge is 0.310 e. The van der Waals surface area contributed by atoms with E-state index in [1.54, 1.807) is 6.92 Å². The van der Waals surface area contributed by atoms with Gasteiger partial charge < -0.3 is 10.0 Å². The predicted molar refractivity (Wildman–Crippen MR) is 78.4 cm³/mol. The minimum absolute atomic E-state index is 0.449. The Kier molecular flexibility index (Phi) is 5.11. The first-order valence-corrected chi connectivity index (χ1v) is 7.05. The molecule has 1 aromatic rings. The number of hydrogen-bond acceptors (Lipinski definition) is 4. The van der Waals surface area contributed by atoms with Crippen LogP contribution >= 0.6 is 0 Å². The molecule has 2 N–H and O–H groups in total. The third-order valence-corrected chi connectivity index (χ3v) is 3.86. The van der Waals surface area contributed by atoms with Gasteiger partial charge >= 0.3 is 5.97 Å². The van der Waals surface area contributed by atoms with Gasteiger partial charge in [-0.3, -0.25) is 10.2 Å². The zero-order chi connectivity index (χ0) is 14.5. The summed E-state index contributed by atoms with van der Waals surface area (Å²) in [6.07, 6.45) is 0. The van der Waals surface area contributed by atoms with Crippen molar-refractivity contribution in [3.8, 4) is 0 Å². The average Bonchev–Trinajstić information content (AvgIpc) is 2.46. The van der Waals surface area contributed by atoms with Gasteiger partial charge in [-0.05, 0) is 25.1 Å². The number of nitrogens with zero attached hydrogens (tertiary/aromatic N) is 2. The van der Waals surface area contributed by atoms with Gasteiger partial charge in [0, 0.05) is 32.7 Å². The van der Waals surface area contributed by atoms with Gasteiger partial charge in [-0.1, -0.05) is 24.3 Å². The fourth-order valence-electron chi connectivity index (χ4n) is 2.23. The molecule has 1 heterocycles. The molecule has 5 nitrogen and oxygen atoms in total. The third-order valence-electron chi connectivity index (χ3n) is 3.86. The van der Waals surface area contributed by atoms with Gasteiger partial charge in [0.05, 0.1) is 5.92 Å². The molecule has 0 amide bonds. The van der Waals surface area contributed by atoms with Gasteiger partial charge in [-0.25, -0.2) is 5.01 Å². The lowest BCUT2D eigenvalue weighted by Gasteiger charge is -2.32. The molecule has 1 aromatic carbocycles. The minimum atomic E-state index is -0.784. The van der Waals surface area contributed by atoms with E-state index in [2.05, 4.69) is 22.4 Å². The van der Waals surface area contributed by atoms with Crippen molar-refractivity contribution in [2.45, 2.75) is 19.4 Å². The fourth-order valence-corrected chi connectivity index (χ4v) is 2.23. The van der Waals surface area contributed by atoms with E-state index >= 15 is 0 Å². The fraction of sp³-hybridized carbons (Fsp3) is 0.533. The summed E-state index contributed by atoms with van der Waals surface area (Å²) in [5.74, 6) is -1.23. The van der Waals surface area contributed by atoms with Crippen molar-refractivity contribution in [1.82, 2.24) is 15.3 Å². The normalized spacial score (nSPS) is 18.9. The first kappa shape index (κ1) is 15.0. The number of hydrogen-bond donors (Lipinski definition) is 2. The number of benzene rings is 1. The molecule has 2 rings (SSSR count). The first-order chi connectivity index (χ1) is 9.56. The molecule has 0 saturated carbocycles. The van der Waals surface area contributed by atoms with Gasteiger partial charge in [0.15, 0.2) is 0 Å². The Bertz CT molecular complexity index is 439. The maximum Gasteiger partial charge on any atom is 0.310 e. The molecule has 1 saturated heterocycles. The number of rotatable bonds is 5. The molecule has 1 fully saturated rings. The SMILES string of the molecule is CC(C(=O)O)c1ccc(CNN2CCN(C)CC2)cc1. The summed E-state index contributed by atoms with van der Waals surface area (Å²) in [5, 5.41) is 11.2. The average molecular weight is 277 g/mol. The Hall–Kier alpha value is -1.43. The summed E-state index contributed by atoms with van der Waals surface area (Å²) >= 11 is 0. The molecule has 110 valence electrons. The lowest BCUT2D eigenvalue weighted by atomic mass is 10.0. The molecule has 0 radical (unpaired) electrons. The Morgan fingerprint density at radius 1 is 1.25 bits per heavy atom. The topological polar surface area (TPSA) is 55.8 Å². The summed E-state index contributed by atoms with van der Waals surface area (Å²) < 4.78 is 0. The highest BCUT2D eigenvalue weighted by molar-refractivity contribution is 5.75. The molecule has 5 heteroatoms. The van der Waals surface area contributed by atoms with Crippen LogP contribution in [0.15, 0.2) is 24.3 Å². The second kappa shape index (κ2) is 6.83. The number of nitrogens with one attached hydrogen (secondary N) is 1. The van der Waals surface area contributed by atoms with Crippen LogP contribution < -0.4 is 5.43 Å². The molecule has 0 aromatic heterocycles. The van der Waals surface area contributed by atoms with Crippen molar-refractivity contribution in [1.29, 1.82) is 0 Å². The number of carboxylic acid groups (broad SMARTS) is 1. The van der Waals surface area contributed by atoms with E-state index in [9.17, 15) is 4.79 Å². The summed E-state index contributed by atoms with van der Waals surface area (Å²) in [7, 11) is 2.14. The summed E-state index contributed by atoms with van der Waals surface area (Å²) in [5.41, 5.74) is 5.44. The van der Waals surface area contributed by atoms with E-state index in [1.807, 2.05) is 24.3 Å². The van der Waals surface area contributed by atoms with E-state index in [1.165, 1.54) is 5.56 Å². The number of aliphatic carboxylic acids is 1. The van der Waals surface area contributed by atoms with Gasteiger partial charge in [-0.15, -0.1) is 0 Å². The van der Waals surface area contributed by atoms with Crippen molar-refractivity contribution in [3.05, 3.63) is 35.4 Å². The molecule has 0 aliphatic carbocycles. The van der Waals surface area contributed by atoms with Crippen LogP contribution in [0.2, 0.25) is 0 Å². The van der Waals surface area contributed by atoms with Crippen molar-refractivity contribution < 1.29 is 9.90 Å².